The SMILES string of the molecule is CCN(Cc1ccc(OC)cc1)C(=O)c1cc(Cl)c2c(c1)OCO2. The molecule has 126 valence electrons. The number of fused-ring (bicyclic) bond motifs is 1. The first-order valence-electron chi connectivity index (χ1n) is 7.63. The number of carbonyl (C=O) groups is 1. The van der Waals surface area contributed by atoms with Crippen LogP contribution < -0.4 is 14.2 Å². The van der Waals surface area contributed by atoms with Crippen LogP contribution in [0.4, 0.5) is 0 Å². The molecule has 0 saturated heterocycles. The molecule has 0 aromatic heterocycles. The second kappa shape index (κ2) is 7.01. The van der Waals surface area contributed by atoms with Crippen LogP contribution >= 0.6 is 11.6 Å². The van der Waals surface area contributed by atoms with E-state index in [0.717, 1.165) is 11.3 Å². The summed E-state index contributed by atoms with van der Waals surface area (Å²) in [6.45, 7) is 3.15. The van der Waals surface area contributed by atoms with Crippen molar-refractivity contribution in [3.63, 3.8) is 0 Å². The number of ether oxygens (including phenoxy) is 3. The molecule has 2 aromatic rings. The lowest BCUT2D eigenvalue weighted by molar-refractivity contribution is 0.0752. The first-order chi connectivity index (χ1) is 11.6. The van der Waals surface area contributed by atoms with Crippen LogP contribution in [0.3, 0.4) is 0 Å². The van der Waals surface area contributed by atoms with E-state index in [1.807, 2.05) is 31.2 Å². The highest BCUT2D eigenvalue weighted by Gasteiger charge is 2.23. The maximum Gasteiger partial charge on any atom is 0.254 e. The van der Waals surface area contributed by atoms with Gasteiger partial charge in [-0.25, -0.2) is 0 Å². The number of halogens is 1. The molecule has 0 bridgehead atoms. The van der Waals surface area contributed by atoms with E-state index >= 15 is 0 Å². The van der Waals surface area contributed by atoms with Crippen molar-refractivity contribution in [3.8, 4) is 17.2 Å². The second-order valence-electron chi connectivity index (χ2n) is 5.36. The minimum atomic E-state index is -0.103. The third-order valence-electron chi connectivity index (χ3n) is 3.88. The summed E-state index contributed by atoms with van der Waals surface area (Å²) in [6, 6.07) is 10.9. The predicted molar refractivity (Wildman–Crippen MR) is 91.0 cm³/mol. The van der Waals surface area contributed by atoms with E-state index in [-0.39, 0.29) is 12.7 Å². The zero-order valence-corrected chi connectivity index (χ0v) is 14.3. The van der Waals surface area contributed by atoms with Crippen molar-refractivity contribution in [1.82, 2.24) is 4.90 Å². The van der Waals surface area contributed by atoms with Crippen molar-refractivity contribution < 1.29 is 19.0 Å². The molecule has 0 radical (unpaired) electrons. The summed E-state index contributed by atoms with van der Waals surface area (Å²) < 4.78 is 15.8. The fourth-order valence-corrected chi connectivity index (χ4v) is 2.82. The summed E-state index contributed by atoms with van der Waals surface area (Å²) in [5.41, 5.74) is 1.51. The van der Waals surface area contributed by atoms with Gasteiger partial charge in [0.25, 0.3) is 5.91 Å². The Bertz CT molecular complexity index is 745. The molecule has 2 aromatic carbocycles. The van der Waals surface area contributed by atoms with Gasteiger partial charge >= 0.3 is 0 Å². The van der Waals surface area contributed by atoms with Gasteiger partial charge in [0.2, 0.25) is 6.79 Å². The van der Waals surface area contributed by atoms with Crippen molar-refractivity contribution >= 4 is 17.5 Å². The number of hydrogen-bond donors (Lipinski definition) is 0. The molecule has 1 aliphatic heterocycles. The van der Waals surface area contributed by atoms with Crippen LogP contribution in [-0.4, -0.2) is 31.3 Å². The number of nitrogens with zero attached hydrogens (tertiary/aromatic N) is 1. The first kappa shape index (κ1) is 16.5. The number of carbonyl (C=O) groups excluding carboxylic acids is 1. The van der Waals surface area contributed by atoms with E-state index < -0.39 is 0 Å². The van der Waals surface area contributed by atoms with E-state index in [1.54, 1.807) is 24.1 Å². The molecule has 0 atom stereocenters. The Morgan fingerprint density at radius 1 is 1.25 bits per heavy atom. The van der Waals surface area contributed by atoms with E-state index in [1.165, 1.54) is 0 Å². The number of amides is 1. The highest BCUT2D eigenvalue weighted by molar-refractivity contribution is 6.32. The van der Waals surface area contributed by atoms with Crippen LogP contribution in [0.25, 0.3) is 0 Å². The summed E-state index contributed by atoms with van der Waals surface area (Å²) >= 11 is 6.17. The lowest BCUT2D eigenvalue weighted by atomic mass is 10.1. The molecule has 0 saturated carbocycles. The molecule has 24 heavy (non-hydrogen) atoms. The molecule has 0 aliphatic carbocycles. The van der Waals surface area contributed by atoms with Crippen LogP contribution in [0.2, 0.25) is 5.02 Å². The van der Waals surface area contributed by atoms with Crippen LogP contribution in [0.1, 0.15) is 22.8 Å². The summed E-state index contributed by atoms with van der Waals surface area (Å²) in [7, 11) is 1.63. The average molecular weight is 348 g/mol. The van der Waals surface area contributed by atoms with E-state index in [4.69, 9.17) is 25.8 Å². The monoisotopic (exact) mass is 347 g/mol. The molecular formula is C18H18ClNO4. The highest BCUT2D eigenvalue weighted by atomic mass is 35.5. The standard InChI is InChI=1S/C18H18ClNO4/c1-3-20(10-12-4-6-14(22-2)7-5-12)18(21)13-8-15(19)17-16(9-13)23-11-24-17/h4-9H,3,10-11H2,1-2H3. The van der Waals surface area contributed by atoms with Gasteiger partial charge in [-0.15, -0.1) is 0 Å². The van der Waals surface area contributed by atoms with E-state index in [9.17, 15) is 4.79 Å². The first-order valence-corrected chi connectivity index (χ1v) is 8.01. The Morgan fingerprint density at radius 2 is 2.00 bits per heavy atom. The van der Waals surface area contributed by atoms with Crippen molar-refractivity contribution in [1.29, 1.82) is 0 Å². The number of benzene rings is 2. The van der Waals surface area contributed by atoms with E-state index in [0.29, 0.717) is 35.2 Å². The second-order valence-corrected chi connectivity index (χ2v) is 5.77. The van der Waals surface area contributed by atoms with Gasteiger partial charge in [-0.2, -0.15) is 0 Å². The molecule has 1 amide bonds. The molecule has 5 nitrogen and oxygen atoms in total. The van der Waals surface area contributed by atoms with Gasteiger partial charge < -0.3 is 19.1 Å². The maximum absolute atomic E-state index is 12.8. The Kier molecular flexibility index (Phi) is 4.81. The number of methoxy groups -OCH3 is 1. The minimum absolute atomic E-state index is 0.103. The van der Waals surface area contributed by atoms with Crippen molar-refractivity contribution in [2.24, 2.45) is 0 Å². The molecule has 0 spiro atoms. The molecule has 1 heterocycles. The topological polar surface area (TPSA) is 48.0 Å². The smallest absolute Gasteiger partial charge is 0.254 e. The van der Waals surface area contributed by atoms with Gasteiger partial charge in [0, 0.05) is 18.7 Å². The minimum Gasteiger partial charge on any atom is -0.497 e. The van der Waals surface area contributed by atoms with Gasteiger partial charge in [0.15, 0.2) is 11.5 Å². The Morgan fingerprint density at radius 3 is 2.67 bits per heavy atom. The fraction of sp³-hybridized carbons (Fsp3) is 0.278. The maximum atomic E-state index is 12.8. The molecule has 3 rings (SSSR count). The average Bonchev–Trinajstić information content (AvgIpc) is 3.09. The lowest BCUT2D eigenvalue weighted by Crippen LogP contribution is -2.30. The summed E-state index contributed by atoms with van der Waals surface area (Å²) in [4.78, 5) is 14.5. The molecular weight excluding hydrogens is 330 g/mol. The van der Waals surface area contributed by atoms with Gasteiger partial charge in [0.1, 0.15) is 5.75 Å². The highest BCUT2D eigenvalue weighted by Crippen LogP contribution is 2.40. The molecule has 1 aliphatic rings. The van der Waals surface area contributed by atoms with Gasteiger partial charge in [-0.3, -0.25) is 4.79 Å². The Balaban J connectivity index is 1.80. The summed E-state index contributed by atoms with van der Waals surface area (Å²) in [5.74, 6) is 1.68. The lowest BCUT2D eigenvalue weighted by Gasteiger charge is -2.21. The fourth-order valence-electron chi connectivity index (χ4n) is 2.55. The third kappa shape index (κ3) is 3.26. The Hall–Kier alpha value is -2.40. The van der Waals surface area contributed by atoms with E-state index in [2.05, 4.69) is 0 Å². The largest absolute Gasteiger partial charge is 0.497 e. The number of hydrogen-bond acceptors (Lipinski definition) is 4. The molecule has 6 heteroatoms. The van der Waals surface area contributed by atoms with Crippen LogP contribution in [-0.2, 0) is 6.54 Å². The molecule has 0 fully saturated rings. The van der Waals surface area contributed by atoms with Gasteiger partial charge in [-0.05, 0) is 36.8 Å². The van der Waals surface area contributed by atoms with Gasteiger partial charge in [-0.1, -0.05) is 23.7 Å². The number of rotatable bonds is 5. The Labute approximate surface area is 145 Å². The van der Waals surface area contributed by atoms with Crippen LogP contribution in [0.15, 0.2) is 36.4 Å². The molecule has 0 N–H and O–H groups in total. The normalized spacial score (nSPS) is 12.1. The van der Waals surface area contributed by atoms with Gasteiger partial charge in [0.05, 0.1) is 12.1 Å². The zero-order chi connectivity index (χ0) is 17.1. The summed E-state index contributed by atoms with van der Waals surface area (Å²) in [6.07, 6.45) is 0. The zero-order valence-electron chi connectivity index (χ0n) is 13.5. The molecule has 0 unspecified atom stereocenters. The van der Waals surface area contributed by atoms with Crippen LogP contribution in [0, 0.1) is 0 Å². The van der Waals surface area contributed by atoms with Crippen LogP contribution in [0.5, 0.6) is 17.2 Å². The third-order valence-corrected chi connectivity index (χ3v) is 4.16. The summed E-state index contributed by atoms with van der Waals surface area (Å²) in [5, 5.41) is 0.383. The quantitative estimate of drug-likeness (QED) is 0.826. The van der Waals surface area contributed by atoms with Crippen molar-refractivity contribution in [2.45, 2.75) is 13.5 Å². The van der Waals surface area contributed by atoms with Crippen molar-refractivity contribution in [2.75, 3.05) is 20.4 Å². The predicted octanol–water partition coefficient (Wildman–Crippen LogP) is 3.74. The van der Waals surface area contributed by atoms with Crippen molar-refractivity contribution in [3.05, 3.63) is 52.5 Å².